The van der Waals surface area contributed by atoms with Gasteiger partial charge in [-0.25, -0.2) is 4.99 Å². The molecule has 0 amide bonds. The Labute approximate surface area is 155 Å². The molecule has 0 bridgehead atoms. The highest BCUT2D eigenvalue weighted by Gasteiger charge is 2.05. The lowest BCUT2D eigenvalue weighted by molar-refractivity contribution is 0.958. The van der Waals surface area contributed by atoms with Crippen LogP contribution < -0.4 is 16.0 Å². The third-order valence-electron chi connectivity index (χ3n) is 3.53. The Morgan fingerprint density at radius 1 is 1.22 bits per heavy atom. The lowest BCUT2D eigenvalue weighted by Crippen LogP contribution is -2.23. The fraction of sp³-hybridized carbons (Fsp3) is 0.294. The van der Waals surface area contributed by atoms with Crippen LogP contribution >= 0.6 is 24.0 Å². The molecule has 0 aliphatic carbocycles. The topological polar surface area (TPSA) is 66.5 Å². The van der Waals surface area contributed by atoms with Crippen LogP contribution in [-0.4, -0.2) is 25.0 Å². The highest BCUT2D eigenvalue weighted by atomic mass is 127. The molecule has 0 fully saturated rings. The second-order valence-electron chi connectivity index (χ2n) is 5.49. The van der Waals surface area contributed by atoms with Crippen LogP contribution in [-0.2, 0) is 6.54 Å². The van der Waals surface area contributed by atoms with Crippen LogP contribution in [0.2, 0.25) is 0 Å². The first-order valence-corrected chi connectivity index (χ1v) is 7.23. The van der Waals surface area contributed by atoms with Crippen molar-refractivity contribution in [2.75, 3.05) is 24.3 Å². The average Bonchev–Trinajstić information content (AvgIpc) is 2.49. The van der Waals surface area contributed by atoms with Crippen LogP contribution in [0.5, 0.6) is 0 Å². The van der Waals surface area contributed by atoms with Crippen LogP contribution in [0, 0.1) is 13.8 Å². The number of nitrogens with two attached hydrogens (primary N) is 1. The van der Waals surface area contributed by atoms with Crippen molar-refractivity contribution in [3.8, 4) is 0 Å². The molecule has 0 unspecified atom stereocenters. The molecule has 2 aromatic rings. The van der Waals surface area contributed by atoms with Gasteiger partial charge >= 0.3 is 0 Å². The Balaban J connectivity index is 0.00000264. The molecule has 5 nitrogen and oxygen atoms in total. The number of benzene rings is 1. The van der Waals surface area contributed by atoms with Crippen molar-refractivity contribution in [2.24, 2.45) is 10.7 Å². The van der Waals surface area contributed by atoms with Gasteiger partial charge in [-0.3, -0.25) is 4.98 Å². The molecule has 23 heavy (non-hydrogen) atoms. The molecule has 0 aliphatic heterocycles. The Kier molecular flexibility index (Phi) is 7.28. The van der Waals surface area contributed by atoms with E-state index in [4.69, 9.17) is 5.73 Å². The quantitative estimate of drug-likeness (QED) is 0.448. The zero-order valence-corrected chi connectivity index (χ0v) is 16.3. The molecule has 0 spiro atoms. The third-order valence-corrected chi connectivity index (χ3v) is 3.53. The summed E-state index contributed by atoms with van der Waals surface area (Å²) in [5, 5.41) is 3.12. The molecule has 0 saturated carbocycles. The van der Waals surface area contributed by atoms with E-state index in [1.807, 2.05) is 37.2 Å². The first-order valence-electron chi connectivity index (χ1n) is 7.23. The van der Waals surface area contributed by atoms with E-state index in [0.717, 1.165) is 17.1 Å². The largest absolute Gasteiger partial charge is 0.376 e. The number of nitrogens with zero attached hydrogens (tertiary/aromatic N) is 3. The summed E-state index contributed by atoms with van der Waals surface area (Å²) in [7, 11) is 3.97. The smallest absolute Gasteiger partial charge is 0.193 e. The SMILES string of the molecule is Cc1ccc(NC(N)=NCc2ncccc2N(C)C)cc1C.I. The van der Waals surface area contributed by atoms with E-state index in [1.54, 1.807) is 6.20 Å². The predicted molar refractivity (Wildman–Crippen MR) is 109 cm³/mol. The number of rotatable bonds is 4. The molecule has 6 heteroatoms. The lowest BCUT2D eigenvalue weighted by atomic mass is 10.1. The van der Waals surface area contributed by atoms with Crippen molar-refractivity contribution in [3.05, 3.63) is 53.3 Å². The molecule has 0 atom stereocenters. The predicted octanol–water partition coefficient (Wildman–Crippen LogP) is 3.31. The fourth-order valence-electron chi connectivity index (χ4n) is 2.13. The highest BCUT2D eigenvalue weighted by molar-refractivity contribution is 14.0. The summed E-state index contributed by atoms with van der Waals surface area (Å²) in [6, 6.07) is 10.1. The van der Waals surface area contributed by atoms with Gasteiger partial charge in [-0.15, -0.1) is 24.0 Å². The van der Waals surface area contributed by atoms with Crippen LogP contribution in [0.25, 0.3) is 0 Å². The molecule has 0 aliphatic rings. The van der Waals surface area contributed by atoms with Crippen molar-refractivity contribution >= 4 is 41.3 Å². The third kappa shape index (κ3) is 5.38. The Morgan fingerprint density at radius 2 is 1.96 bits per heavy atom. The molecular weight excluding hydrogens is 401 g/mol. The number of aliphatic imine (C=N–C) groups is 1. The number of guanidine groups is 1. The van der Waals surface area contributed by atoms with E-state index < -0.39 is 0 Å². The molecule has 3 N–H and O–H groups in total. The van der Waals surface area contributed by atoms with Gasteiger partial charge in [0.1, 0.15) is 0 Å². The molecule has 0 saturated heterocycles. The van der Waals surface area contributed by atoms with Crippen molar-refractivity contribution in [1.29, 1.82) is 0 Å². The van der Waals surface area contributed by atoms with E-state index in [9.17, 15) is 0 Å². The number of pyridine rings is 1. The van der Waals surface area contributed by atoms with E-state index in [2.05, 4.69) is 41.3 Å². The fourth-order valence-corrected chi connectivity index (χ4v) is 2.13. The van der Waals surface area contributed by atoms with E-state index >= 15 is 0 Å². The van der Waals surface area contributed by atoms with Crippen LogP contribution in [0.1, 0.15) is 16.8 Å². The molecule has 124 valence electrons. The summed E-state index contributed by atoms with van der Waals surface area (Å²) in [6.07, 6.45) is 1.77. The minimum atomic E-state index is 0. The van der Waals surface area contributed by atoms with E-state index in [0.29, 0.717) is 12.5 Å². The van der Waals surface area contributed by atoms with Gasteiger partial charge in [0.25, 0.3) is 0 Å². The van der Waals surface area contributed by atoms with Gasteiger partial charge in [-0.1, -0.05) is 6.07 Å². The summed E-state index contributed by atoms with van der Waals surface area (Å²) in [6.45, 7) is 4.60. The molecule has 1 aromatic carbocycles. The van der Waals surface area contributed by atoms with Gasteiger partial charge in [-0.2, -0.15) is 0 Å². The maximum absolute atomic E-state index is 5.97. The Hall–Kier alpha value is -1.83. The first-order chi connectivity index (χ1) is 10.5. The van der Waals surface area contributed by atoms with Crippen molar-refractivity contribution in [1.82, 2.24) is 4.98 Å². The van der Waals surface area contributed by atoms with Crippen LogP contribution in [0.3, 0.4) is 0 Å². The van der Waals surface area contributed by atoms with Gasteiger partial charge in [0.2, 0.25) is 0 Å². The van der Waals surface area contributed by atoms with Crippen molar-refractivity contribution < 1.29 is 0 Å². The molecule has 2 rings (SSSR count). The average molecular weight is 425 g/mol. The Morgan fingerprint density at radius 3 is 2.61 bits per heavy atom. The Bertz CT molecular complexity index is 682. The molecule has 1 heterocycles. The first kappa shape index (κ1) is 19.2. The minimum Gasteiger partial charge on any atom is -0.376 e. The monoisotopic (exact) mass is 425 g/mol. The van der Waals surface area contributed by atoms with Crippen molar-refractivity contribution in [3.63, 3.8) is 0 Å². The number of anilines is 2. The normalized spacial score (nSPS) is 10.9. The summed E-state index contributed by atoms with van der Waals surface area (Å²) in [5.74, 6) is 0.388. The number of nitrogens with one attached hydrogen (secondary N) is 1. The molecular formula is C17H24IN5. The second kappa shape index (κ2) is 8.71. The number of hydrogen-bond acceptors (Lipinski definition) is 3. The summed E-state index contributed by atoms with van der Waals surface area (Å²) >= 11 is 0. The van der Waals surface area contributed by atoms with E-state index in [-0.39, 0.29) is 24.0 Å². The highest BCUT2D eigenvalue weighted by Crippen LogP contribution is 2.16. The van der Waals surface area contributed by atoms with Gasteiger partial charge in [0, 0.05) is 26.0 Å². The number of aryl methyl sites for hydroxylation is 2. The zero-order valence-electron chi connectivity index (χ0n) is 14.0. The number of hydrogen-bond donors (Lipinski definition) is 2. The van der Waals surface area contributed by atoms with Crippen LogP contribution in [0.15, 0.2) is 41.5 Å². The second-order valence-corrected chi connectivity index (χ2v) is 5.49. The van der Waals surface area contributed by atoms with Gasteiger partial charge < -0.3 is 16.0 Å². The zero-order chi connectivity index (χ0) is 16.1. The maximum atomic E-state index is 5.97. The van der Waals surface area contributed by atoms with E-state index in [1.165, 1.54) is 11.1 Å². The summed E-state index contributed by atoms with van der Waals surface area (Å²) in [5.41, 5.74) is 11.3. The van der Waals surface area contributed by atoms with Crippen LogP contribution in [0.4, 0.5) is 11.4 Å². The summed E-state index contributed by atoms with van der Waals surface area (Å²) in [4.78, 5) is 10.8. The van der Waals surface area contributed by atoms with Gasteiger partial charge in [0.15, 0.2) is 5.96 Å². The lowest BCUT2D eigenvalue weighted by Gasteiger charge is -2.15. The molecule has 1 aromatic heterocycles. The van der Waals surface area contributed by atoms with Crippen molar-refractivity contribution in [2.45, 2.75) is 20.4 Å². The number of halogens is 1. The summed E-state index contributed by atoms with van der Waals surface area (Å²) < 4.78 is 0. The van der Waals surface area contributed by atoms with Gasteiger partial charge in [0.05, 0.1) is 17.9 Å². The standard InChI is InChI=1S/C17H23N5.HI/c1-12-7-8-14(10-13(12)2)21-17(18)20-11-15-16(22(3)4)6-5-9-19-15;/h5-10H,11H2,1-4H3,(H3,18,20,21);1H. The molecule has 0 radical (unpaired) electrons. The van der Waals surface area contributed by atoms with Gasteiger partial charge in [-0.05, 0) is 49.2 Å². The maximum Gasteiger partial charge on any atom is 0.193 e. The number of aromatic nitrogens is 1. The minimum absolute atomic E-state index is 0.